The van der Waals surface area contributed by atoms with E-state index in [1.165, 1.54) is 36.9 Å². The summed E-state index contributed by atoms with van der Waals surface area (Å²) in [6.07, 6.45) is 10.4. The number of fused-ring (bicyclic) bond motifs is 1. The van der Waals surface area contributed by atoms with Gasteiger partial charge in [0.2, 0.25) is 5.95 Å². The first-order chi connectivity index (χ1) is 17.7. The third-order valence-corrected chi connectivity index (χ3v) is 8.20. The molecule has 0 amide bonds. The third-order valence-electron chi connectivity index (χ3n) is 7.17. The Hall–Kier alpha value is -3.17. The van der Waals surface area contributed by atoms with Crippen molar-refractivity contribution in [3.8, 4) is 0 Å². The normalized spacial score (nSPS) is 17.2. The van der Waals surface area contributed by atoms with Crippen molar-refractivity contribution in [3.05, 3.63) is 60.6 Å². The van der Waals surface area contributed by atoms with Crippen LogP contribution in [-0.4, -0.2) is 62.6 Å². The number of likely N-dealkylation sites (N-methyl/N-ethyl adjacent to an activating group) is 1. The summed E-state index contributed by atoms with van der Waals surface area (Å²) in [6, 6.07) is 13.1. The van der Waals surface area contributed by atoms with Gasteiger partial charge >= 0.3 is 0 Å². The van der Waals surface area contributed by atoms with E-state index in [4.69, 9.17) is 9.97 Å². The van der Waals surface area contributed by atoms with Gasteiger partial charge in [-0.2, -0.15) is 4.98 Å². The Kier molecular flexibility index (Phi) is 6.74. The van der Waals surface area contributed by atoms with Gasteiger partial charge in [-0.15, -0.1) is 0 Å². The molecule has 1 aromatic carbocycles. The van der Waals surface area contributed by atoms with E-state index in [1.807, 2.05) is 24.7 Å². The van der Waals surface area contributed by atoms with Crippen LogP contribution in [0.2, 0.25) is 0 Å². The van der Waals surface area contributed by atoms with Crippen LogP contribution in [-0.2, 0) is 5.75 Å². The van der Waals surface area contributed by atoms with Crippen LogP contribution in [0.4, 0.5) is 17.3 Å². The van der Waals surface area contributed by atoms with E-state index in [0.717, 1.165) is 53.9 Å². The van der Waals surface area contributed by atoms with Crippen molar-refractivity contribution in [1.29, 1.82) is 0 Å². The number of aromatic nitrogens is 5. The van der Waals surface area contributed by atoms with Crippen molar-refractivity contribution in [2.24, 2.45) is 0 Å². The Balaban J connectivity index is 1.23. The van der Waals surface area contributed by atoms with E-state index in [1.54, 1.807) is 11.8 Å². The molecule has 0 spiro atoms. The number of anilines is 3. The molecule has 4 aromatic rings. The highest BCUT2D eigenvalue weighted by Crippen LogP contribution is 2.37. The summed E-state index contributed by atoms with van der Waals surface area (Å²) < 4.78 is 2.35. The zero-order valence-corrected chi connectivity index (χ0v) is 21.5. The van der Waals surface area contributed by atoms with Crippen LogP contribution in [0.5, 0.6) is 0 Å². The lowest BCUT2D eigenvalue weighted by atomic mass is 10.2. The summed E-state index contributed by atoms with van der Waals surface area (Å²) in [4.78, 5) is 23.5. The maximum absolute atomic E-state index is 4.95. The van der Waals surface area contributed by atoms with Gasteiger partial charge in [0.05, 0.1) is 6.20 Å². The van der Waals surface area contributed by atoms with Crippen LogP contribution in [0, 0.1) is 0 Å². The Morgan fingerprint density at radius 1 is 0.972 bits per heavy atom. The maximum atomic E-state index is 4.95. The van der Waals surface area contributed by atoms with Crippen LogP contribution in [0.15, 0.2) is 60.1 Å². The molecule has 0 radical (unpaired) electrons. The highest BCUT2D eigenvalue weighted by molar-refractivity contribution is 7.98. The molecule has 36 heavy (non-hydrogen) atoms. The van der Waals surface area contributed by atoms with Gasteiger partial charge in [-0.3, -0.25) is 4.98 Å². The number of piperazine rings is 1. The summed E-state index contributed by atoms with van der Waals surface area (Å²) in [5.41, 5.74) is 5.22. The molecule has 4 heterocycles. The average molecular weight is 501 g/mol. The Labute approximate surface area is 216 Å². The van der Waals surface area contributed by atoms with E-state index in [0.29, 0.717) is 12.0 Å². The van der Waals surface area contributed by atoms with Crippen molar-refractivity contribution < 1.29 is 0 Å². The summed E-state index contributed by atoms with van der Waals surface area (Å²) in [5.74, 6) is 1.44. The van der Waals surface area contributed by atoms with Crippen LogP contribution < -0.4 is 10.2 Å². The van der Waals surface area contributed by atoms with E-state index in [9.17, 15) is 0 Å². The Bertz CT molecular complexity index is 1290. The average Bonchev–Trinajstić information content (AvgIpc) is 3.56. The van der Waals surface area contributed by atoms with Gasteiger partial charge in [0, 0.05) is 61.7 Å². The zero-order valence-electron chi connectivity index (χ0n) is 20.7. The van der Waals surface area contributed by atoms with Gasteiger partial charge in [0.25, 0.3) is 0 Å². The predicted molar refractivity (Wildman–Crippen MR) is 146 cm³/mol. The predicted octanol–water partition coefficient (Wildman–Crippen LogP) is 5.12. The summed E-state index contributed by atoms with van der Waals surface area (Å²) in [6.45, 7) is 4.33. The van der Waals surface area contributed by atoms with Crippen LogP contribution in [0.25, 0.3) is 11.2 Å². The molecule has 6 rings (SSSR count). The molecule has 0 atom stereocenters. The second kappa shape index (κ2) is 10.4. The SMILES string of the molecule is CN1CCN(c2ccc(Nc3ncc4nc(SCc5cccnc5)n(C5CCCC5)c4n3)cc2)CC1. The molecule has 2 fully saturated rings. The number of pyridine rings is 1. The molecule has 1 saturated carbocycles. The molecule has 1 N–H and O–H groups in total. The lowest BCUT2D eigenvalue weighted by Gasteiger charge is -2.34. The molecule has 1 saturated heterocycles. The minimum absolute atomic E-state index is 0.442. The van der Waals surface area contributed by atoms with Gasteiger partial charge in [-0.1, -0.05) is 30.7 Å². The number of nitrogens with zero attached hydrogens (tertiary/aromatic N) is 7. The lowest BCUT2D eigenvalue weighted by Crippen LogP contribution is -2.44. The molecule has 3 aromatic heterocycles. The zero-order chi connectivity index (χ0) is 24.3. The molecular formula is C27H32N8S. The second-order valence-corrected chi connectivity index (χ2v) is 10.7. The van der Waals surface area contributed by atoms with E-state index < -0.39 is 0 Å². The number of rotatable bonds is 7. The molecule has 1 aliphatic heterocycles. The first-order valence-electron chi connectivity index (χ1n) is 12.8. The van der Waals surface area contributed by atoms with Crippen molar-refractivity contribution >= 4 is 40.2 Å². The highest BCUT2D eigenvalue weighted by Gasteiger charge is 2.24. The van der Waals surface area contributed by atoms with E-state index in [-0.39, 0.29) is 0 Å². The third kappa shape index (κ3) is 5.03. The van der Waals surface area contributed by atoms with Gasteiger partial charge in [-0.25, -0.2) is 9.97 Å². The van der Waals surface area contributed by atoms with Crippen molar-refractivity contribution in [2.45, 2.75) is 42.6 Å². The van der Waals surface area contributed by atoms with E-state index >= 15 is 0 Å². The first-order valence-corrected chi connectivity index (χ1v) is 13.8. The second-order valence-electron chi connectivity index (χ2n) is 9.72. The standard InChI is InChI=1S/C27H32N8S/c1-33-13-15-34(16-14-33)22-10-8-21(9-11-22)30-26-29-18-24-25(32-26)35(23-6-2-3-7-23)27(31-24)36-19-20-5-4-12-28-17-20/h4-5,8-12,17-18,23H,2-3,6-7,13-16,19H2,1H3,(H,29,30,32). The first kappa shape index (κ1) is 23.2. The van der Waals surface area contributed by atoms with Crippen molar-refractivity contribution in [3.63, 3.8) is 0 Å². The molecule has 186 valence electrons. The number of benzene rings is 1. The summed E-state index contributed by atoms with van der Waals surface area (Å²) in [7, 11) is 2.18. The van der Waals surface area contributed by atoms with Gasteiger partial charge < -0.3 is 19.7 Å². The van der Waals surface area contributed by atoms with Gasteiger partial charge in [-0.05, 0) is 55.8 Å². The topological polar surface area (TPSA) is 75.0 Å². The molecule has 2 aliphatic rings. The Morgan fingerprint density at radius 3 is 2.53 bits per heavy atom. The number of hydrogen-bond donors (Lipinski definition) is 1. The molecule has 8 nitrogen and oxygen atoms in total. The fourth-order valence-electron chi connectivity index (χ4n) is 5.10. The maximum Gasteiger partial charge on any atom is 0.229 e. The minimum Gasteiger partial charge on any atom is -0.369 e. The Morgan fingerprint density at radius 2 is 1.78 bits per heavy atom. The minimum atomic E-state index is 0.442. The molecular weight excluding hydrogens is 468 g/mol. The summed E-state index contributed by atoms with van der Waals surface area (Å²) >= 11 is 1.75. The number of imidazole rings is 1. The number of hydrogen-bond acceptors (Lipinski definition) is 8. The van der Waals surface area contributed by atoms with Crippen molar-refractivity contribution in [1.82, 2.24) is 29.4 Å². The van der Waals surface area contributed by atoms with Crippen LogP contribution >= 0.6 is 11.8 Å². The molecule has 0 unspecified atom stereocenters. The highest BCUT2D eigenvalue weighted by atomic mass is 32.2. The van der Waals surface area contributed by atoms with Gasteiger partial charge in [0.15, 0.2) is 10.8 Å². The lowest BCUT2D eigenvalue weighted by molar-refractivity contribution is 0.313. The quantitative estimate of drug-likeness (QED) is 0.350. The fraction of sp³-hybridized carbons (Fsp3) is 0.407. The smallest absolute Gasteiger partial charge is 0.229 e. The molecule has 1 aliphatic carbocycles. The summed E-state index contributed by atoms with van der Waals surface area (Å²) in [5, 5.41) is 4.43. The number of thioether (sulfide) groups is 1. The monoisotopic (exact) mass is 500 g/mol. The van der Waals surface area contributed by atoms with Crippen LogP contribution in [0.3, 0.4) is 0 Å². The molecule has 9 heteroatoms. The van der Waals surface area contributed by atoms with Crippen molar-refractivity contribution in [2.75, 3.05) is 43.4 Å². The largest absolute Gasteiger partial charge is 0.369 e. The molecule has 0 bridgehead atoms. The fourth-order valence-corrected chi connectivity index (χ4v) is 6.11. The number of nitrogens with one attached hydrogen (secondary N) is 1. The van der Waals surface area contributed by atoms with E-state index in [2.05, 4.69) is 67.0 Å². The van der Waals surface area contributed by atoms with Crippen LogP contribution in [0.1, 0.15) is 37.3 Å². The van der Waals surface area contributed by atoms with Gasteiger partial charge in [0.1, 0.15) is 5.52 Å².